The number of aryl methyl sites for hydroxylation is 1. The lowest BCUT2D eigenvalue weighted by molar-refractivity contribution is 0.0790. The zero-order valence-corrected chi connectivity index (χ0v) is 10.7. The topological polar surface area (TPSA) is 33.2 Å². The summed E-state index contributed by atoms with van der Waals surface area (Å²) in [4.78, 5) is 19.7. The number of carbonyl (C=O) groups is 1. The van der Waals surface area contributed by atoms with Gasteiger partial charge in [0.25, 0.3) is 5.91 Å². The number of hydrogen-bond acceptors (Lipinski definition) is 3. The van der Waals surface area contributed by atoms with Crippen LogP contribution in [-0.2, 0) is 6.54 Å². The molecule has 0 spiro atoms. The molecular formula is C13H14N2OS. The Morgan fingerprint density at radius 1 is 1.29 bits per heavy atom. The highest BCUT2D eigenvalue weighted by Gasteiger charge is 2.13. The van der Waals surface area contributed by atoms with E-state index in [0.717, 1.165) is 15.3 Å². The van der Waals surface area contributed by atoms with E-state index < -0.39 is 0 Å². The van der Waals surface area contributed by atoms with Gasteiger partial charge in [-0.2, -0.15) is 0 Å². The molecule has 0 radical (unpaired) electrons. The van der Waals surface area contributed by atoms with Crippen LogP contribution in [0, 0.1) is 6.92 Å². The van der Waals surface area contributed by atoms with Crippen molar-refractivity contribution in [2.24, 2.45) is 0 Å². The Labute approximate surface area is 105 Å². The minimum Gasteiger partial charge on any atom is -0.337 e. The molecule has 2 aromatic heterocycles. The zero-order valence-electron chi connectivity index (χ0n) is 9.88. The SMILES string of the molecule is Cc1ccc(C(=O)N(C)Cc2ccncc2)s1. The van der Waals surface area contributed by atoms with Crippen LogP contribution in [0.5, 0.6) is 0 Å². The Morgan fingerprint density at radius 2 is 2.00 bits per heavy atom. The van der Waals surface area contributed by atoms with E-state index in [1.165, 1.54) is 11.3 Å². The lowest BCUT2D eigenvalue weighted by Gasteiger charge is -2.16. The maximum absolute atomic E-state index is 12.1. The zero-order chi connectivity index (χ0) is 12.3. The van der Waals surface area contributed by atoms with Crippen molar-refractivity contribution in [2.45, 2.75) is 13.5 Å². The molecule has 0 atom stereocenters. The largest absolute Gasteiger partial charge is 0.337 e. The van der Waals surface area contributed by atoms with Gasteiger partial charge in [-0.15, -0.1) is 11.3 Å². The smallest absolute Gasteiger partial charge is 0.263 e. The number of amides is 1. The van der Waals surface area contributed by atoms with E-state index in [0.29, 0.717) is 6.54 Å². The van der Waals surface area contributed by atoms with Crippen LogP contribution in [0.15, 0.2) is 36.7 Å². The fraction of sp³-hybridized carbons (Fsp3) is 0.231. The highest BCUT2D eigenvalue weighted by atomic mass is 32.1. The van der Waals surface area contributed by atoms with Crippen molar-refractivity contribution in [3.63, 3.8) is 0 Å². The molecule has 0 unspecified atom stereocenters. The molecule has 0 N–H and O–H groups in total. The molecule has 0 aromatic carbocycles. The van der Waals surface area contributed by atoms with Gasteiger partial charge in [0.2, 0.25) is 0 Å². The van der Waals surface area contributed by atoms with Gasteiger partial charge in [0.15, 0.2) is 0 Å². The summed E-state index contributed by atoms with van der Waals surface area (Å²) in [5, 5.41) is 0. The van der Waals surface area contributed by atoms with Gasteiger partial charge in [-0.3, -0.25) is 9.78 Å². The van der Waals surface area contributed by atoms with Crippen molar-refractivity contribution in [2.75, 3.05) is 7.05 Å². The summed E-state index contributed by atoms with van der Waals surface area (Å²) in [6, 6.07) is 7.69. The Kier molecular flexibility index (Phi) is 3.54. The predicted molar refractivity (Wildman–Crippen MR) is 69.1 cm³/mol. The first kappa shape index (κ1) is 11.8. The van der Waals surface area contributed by atoms with Crippen molar-refractivity contribution in [3.8, 4) is 0 Å². The monoisotopic (exact) mass is 246 g/mol. The second-order valence-corrected chi connectivity index (χ2v) is 5.21. The molecule has 1 amide bonds. The molecule has 0 fully saturated rings. The average molecular weight is 246 g/mol. The van der Waals surface area contributed by atoms with E-state index in [1.54, 1.807) is 17.3 Å². The number of carbonyl (C=O) groups excluding carboxylic acids is 1. The quantitative estimate of drug-likeness (QED) is 0.834. The van der Waals surface area contributed by atoms with Crippen LogP contribution in [-0.4, -0.2) is 22.8 Å². The summed E-state index contributed by atoms with van der Waals surface area (Å²) in [5.41, 5.74) is 1.09. The maximum Gasteiger partial charge on any atom is 0.263 e. The Hall–Kier alpha value is -1.68. The van der Waals surface area contributed by atoms with Gasteiger partial charge in [0.1, 0.15) is 0 Å². The molecule has 0 saturated heterocycles. The fourth-order valence-corrected chi connectivity index (χ4v) is 2.43. The van der Waals surface area contributed by atoms with E-state index in [1.807, 2.05) is 38.2 Å². The van der Waals surface area contributed by atoms with Crippen molar-refractivity contribution in [1.82, 2.24) is 9.88 Å². The molecule has 0 bridgehead atoms. The van der Waals surface area contributed by atoms with Crippen LogP contribution in [0.25, 0.3) is 0 Å². The third kappa shape index (κ3) is 2.91. The van der Waals surface area contributed by atoms with Crippen LogP contribution in [0.3, 0.4) is 0 Å². The first-order chi connectivity index (χ1) is 8.16. The molecule has 4 heteroatoms. The van der Waals surface area contributed by atoms with Crippen LogP contribution >= 0.6 is 11.3 Å². The summed E-state index contributed by atoms with van der Waals surface area (Å²) in [7, 11) is 1.82. The third-order valence-electron chi connectivity index (χ3n) is 2.47. The van der Waals surface area contributed by atoms with Crippen LogP contribution in [0.2, 0.25) is 0 Å². The van der Waals surface area contributed by atoms with Crippen molar-refractivity contribution < 1.29 is 4.79 Å². The highest BCUT2D eigenvalue weighted by molar-refractivity contribution is 7.13. The van der Waals surface area contributed by atoms with Gasteiger partial charge in [0.05, 0.1) is 4.88 Å². The molecule has 2 aromatic rings. The molecule has 0 aliphatic carbocycles. The van der Waals surface area contributed by atoms with E-state index in [9.17, 15) is 4.79 Å². The van der Waals surface area contributed by atoms with Gasteiger partial charge in [0, 0.05) is 30.9 Å². The summed E-state index contributed by atoms with van der Waals surface area (Å²) in [6.45, 7) is 2.61. The second kappa shape index (κ2) is 5.10. The number of hydrogen-bond donors (Lipinski definition) is 0. The van der Waals surface area contributed by atoms with Crippen molar-refractivity contribution in [1.29, 1.82) is 0 Å². The molecule has 2 heterocycles. The molecule has 0 aliphatic rings. The van der Waals surface area contributed by atoms with Gasteiger partial charge in [-0.1, -0.05) is 0 Å². The van der Waals surface area contributed by atoms with Crippen LogP contribution in [0.1, 0.15) is 20.1 Å². The molecule has 2 rings (SSSR count). The van der Waals surface area contributed by atoms with E-state index >= 15 is 0 Å². The Morgan fingerprint density at radius 3 is 2.59 bits per heavy atom. The van der Waals surface area contributed by atoms with Gasteiger partial charge in [-0.05, 0) is 36.8 Å². The molecule has 17 heavy (non-hydrogen) atoms. The second-order valence-electron chi connectivity index (χ2n) is 3.93. The molecule has 0 aliphatic heterocycles. The highest BCUT2D eigenvalue weighted by Crippen LogP contribution is 2.17. The van der Waals surface area contributed by atoms with Crippen molar-refractivity contribution >= 4 is 17.2 Å². The summed E-state index contributed by atoms with van der Waals surface area (Å²) in [6.07, 6.45) is 3.48. The van der Waals surface area contributed by atoms with Gasteiger partial charge >= 0.3 is 0 Å². The molecule has 3 nitrogen and oxygen atoms in total. The predicted octanol–water partition coefficient (Wildman–Crippen LogP) is 2.72. The third-order valence-corrected chi connectivity index (χ3v) is 3.46. The standard InChI is InChI=1S/C13H14N2OS/c1-10-3-4-12(17-10)13(16)15(2)9-11-5-7-14-8-6-11/h3-8H,9H2,1-2H3. The number of aromatic nitrogens is 1. The lowest BCUT2D eigenvalue weighted by Crippen LogP contribution is -2.25. The number of pyridine rings is 1. The van der Waals surface area contributed by atoms with Crippen LogP contribution < -0.4 is 0 Å². The van der Waals surface area contributed by atoms with E-state index in [4.69, 9.17) is 0 Å². The Bertz CT molecular complexity index is 507. The van der Waals surface area contributed by atoms with Gasteiger partial charge < -0.3 is 4.90 Å². The minimum absolute atomic E-state index is 0.0694. The van der Waals surface area contributed by atoms with E-state index in [-0.39, 0.29) is 5.91 Å². The summed E-state index contributed by atoms with van der Waals surface area (Å²) < 4.78 is 0. The minimum atomic E-state index is 0.0694. The molecular weight excluding hydrogens is 232 g/mol. The summed E-state index contributed by atoms with van der Waals surface area (Å²) in [5.74, 6) is 0.0694. The average Bonchev–Trinajstić information content (AvgIpc) is 2.76. The normalized spacial score (nSPS) is 10.2. The lowest BCUT2D eigenvalue weighted by atomic mass is 10.2. The molecule has 0 saturated carbocycles. The number of thiophene rings is 1. The van der Waals surface area contributed by atoms with Gasteiger partial charge in [-0.25, -0.2) is 0 Å². The molecule has 88 valence electrons. The van der Waals surface area contributed by atoms with Crippen LogP contribution in [0.4, 0.5) is 0 Å². The fourth-order valence-electron chi connectivity index (χ4n) is 1.57. The first-order valence-electron chi connectivity index (χ1n) is 5.37. The summed E-state index contributed by atoms with van der Waals surface area (Å²) >= 11 is 1.53. The Balaban J connectivity index is 2.06. The van der Waals surface area contributed by atoms with E-state index in [2.05, 4.69) is 4.98 Å². The van der Waals surface area contributed by atoms with Crippen molar-refractivity contribution in [3.05, 3.63) is 52.0 Å². The first-order valence-corrected chi connectivity index (χ1v) is 6.19. The number of nitrogens with zero attached hydrogens (tertiary/aromatic N) is 2. The maximum atomic E-state index is 12.1. The number of rotatable bonds is 3.